The van der Waals surface area contributed by atoms with Gasteiger partial charge in [0, 0.05) is 31.8 Å². The van der Waals surface area contributed by atoms with E-state index in [1.54, 1.807) is 4.90 Å². The molecule has 8 nitrogen and oxygen atoms in total. The lowest BCUT2D eigenvalue weighted by Crippen LogP contribution is -2.44. The number of aromatic nitrogens is 2. The Hall–Kier alpha value is -1.64. The fraction of sp³-hybridized carbons (Fsp3) is 0.750. The lowest BCUT2D eigenvalue weighted by atomic mass is 9.97. The zero-order valence-corrected chi connectivity index (χ0v) is 13.0. The number of sulfone groups is 1. The van der Waals surface area contributed by atoms with Gasteiger partial charge in [-0.15, -0.1) is 5.10 Å². The zero-order valence-electron chi connectivity index (χ0n) is 12.2. The van der Waals surface area contributed by atoms with E-state index in [1.807, 2.05) is 6.92 Å². The maximum atomic E-state index is 11.8. The summed E-state index contributed by atoms with van der Waals surface area (Å²) in [5, 5.41) is 9.86. The van der Waals surface area contributed by atoms with E-state index >= 15 is 0 Å². The van der Waals surface area contributed by atoms with Gasteiger partial charge >= 0.3 is 11.3 Å². The first-order chi connectivity index (χ1) is 9.91. The van der Waals surface area contributed by atoms with Crippen molar-refractivity contribution in [1.82, 2.24) is 20.4 Å². The number of nitrogens with zero attached hydrogens (tertiary/aromatic N) is 3. The van der Waals surface area contributed by atoms with Crippen LogP contribution in [0.1, 0.15) is 38.0 Å². The van der Waals surface area contributed by atoms with E-state index in [2.05, 4.69) is 15.5 Å². The molecule has 0 aromatic carbocycles. The molecule has 1 N–H and O–H groups in total. The highest BCUT2D eigenvalue weighted by Crippen LogP contribution is 2.27. The molecule has 2 heterocycles. The number of hydrogen-bond acceptors (Lipinski definition) is 6. The Kier molecular flexibility index (Phi) is 4.81. The fourth-order valence-electron chi connectivity index (χ4n) is 2.21. The van der Waals surface area contributed by atoms with Gasteiger partial charge in [-0.2, -0.15) is 0 Å². The van der Waals surface area contributed by atoms with Gasteiger partial charge in [0.2, 0.25) is 15.7 Å². The lowest BCUT2D eigenvalue weighted by molar-refractivity contribution is 0.176. The Balaban J connectivity index is 1.92. The Morgan fingerprint density at radius 1 is 1.38 bits per heavy atom. The van der Waals surface area contributed by atoms with Gasteiger partial charge in [-0.05, 0) is 19.3 Å². The third-order valence-corrected chi connectivity index (χ3v) is 4.20. The first kappa shape index (κ1) is 15.7. The number of urea groups is 1. The number of carbonyl (C=O) groups is 1. The first-order valence-electron chi connectivity index (χ1n) is 6.98. The summed E-state index contributed by atoms with van der Waals surface area (Å²) in [5.74, 6) is 0.340. The lowest BCUT2D eigenvalue weighted by Gasteiger charge is -2.30. The van der Waals surface area contributed by atoms with Crippen molar-refractivity contribution >= 4 is 15.9 Å². The number of piperidine rings is 1. The minimum Gasteiger partial charge on any atom is -0.412 e. The van der Waals surface area contributed by atoms with E-state index in [1.165, 1.54) is 0 Å². The summed E-state index contributed by atoms with van der Waals surface area (Å²) in [6.45, 7) is 3.86. The monoisotopic (exact) mass is 316 g/mol. The highest BCUT2D eigenvalue weighted by atomic mass is 32.2. The molecule has 1 saturated heterocycles. The molecule has 21 heavy (non-hydrogen) atoms. The summed E-state index contributed by atoms with van der Waals surface area (Å²) in [6, 6.07) is -0.0577. The molecule has 0 unspecified atom stereocenters. The van der Waals surface area contributed by atoms with E-state index in [-0.39, 0.29) is 17.2 Å². The van der Waals surface area contributed by atoms with Crippen LogP contribution in [0.4, 0.5) is 4.79 Å². The topological polar surface area (TPSA) is 105 Å². The number of rotatable bonds is 4. The van der Waals surface area contributed by atoms with E-state index in [9.17, 15) is 13.2 Å². The molecule has 2 amide bonds. The van der Waals surface area contributed by atoms with Crippen molar-refractivity contribution < 1.29 is 17.6 Å². The number of carbonyl (C=O) groups excluding carboxylic acids is 1. The molecule has 118 valence electrons. The van der Waals surface area contributed by atoms with Crippen molar-refractivity contribution in [2.45, 2.75) is 37.3 Å². The normalized spacial score (nSPS) is 17.0. The largest absolute Gasteiger partial charge is 0.412 e. The van der Waals surface area contributed by atoms with Crippen molar-refractivity contribution in [3.05, 3.63) is 5.89 Å². The minimum atomic E-state index is -3.47. The quantitative estimate of drug-likeness (QED) is 0.879. The third-order valence-electron chi connectivity index (χ3n) is 3.40. The number of hydrogen-bond donors (Lipinski definition) is 1. The van der Waals surface area contributed by atoms with Gasteiger partial charge in [-0.1, -0.05) is 12.0 Å². The Labute approximate surface area is 123 Å². The number of amides is 2. The van der Waals surface area contributed by atoms with Crippen LogP contribution in [-0.4, -0.2) is 55.4 Å². The molecule has 1 aliphatic rings. The van der Waals surface area contributed by atoms with E-state index < -0.39 is 9.84 Å². The van der Waals surface area contributed by atoms with Crippen LogP contribution in [0.15, 0.2) is 9.64 Å². The molecule has 2 rings (SSSR count). The van der Waals surface area contributed by atoms with Gasteiger partial charge in [0.1, 0.15) is 0 Å². The number of nitrogens with one attached hydrogen (secondary N) is 1. The Morgan fingerprint density at radius 2 is 2.05 bits per heavy atom. The molecule has 9 heteroatoms. The van der Waals surface area contributed by atoms with Crippen molar-refractivity contribution in [3.63, 3.8) is 0 Å². The summed E-state index contributed by atoms with van der Waals surface area (Å²) in [5.41, 5.74) is 0. The Morgan fingerprint density at radius 3 is 2.57 bits per heavy atom. The SMILES string of the molecule is CCCNC(=O)N1CCC(c2nnc(S(C)(=O)=O)o2)CC1. The highest BCUT2D eigenvalue weighted by molar-refractivity contribution is 7.90. The molecular formula is C12H20N4O4S. The van der Waals surface area contributed by atoms with E-state index in [0.29, 0.717) is 38.4 Å². The molecule has 1 aliphatic heterocycles. The molecule has 0 spiro atoms. The maximum absolute atomic E-state index is 11.8. The summed E-state index contributed by atoms with van der Waals surface area (Å²) < 4.78 is 27.8. The predicted molar refractivity (Wildman–Crippen MR) is 74.6 cm³/mol. The maximum Gasteiger partial charge on any atom is 0.335 e. The van der Waals surface area contributed by atoms with Crippen LogP contribution in [0.5, 0.6) is 0 Å². The van der Waals surface area contributed by atoms with Gasteiger partial charge in [0.25, 0.3) is 0 Å². The van der Waals surface area contributed by atoms with Crippen LogP contribution in [-0.2, 0) is 9.84 Å². The summed E-state index contributed by atoms with van der Waals surface area (Å²) in [6.07, 6.45) is 3.30. The average Bonchev–Trinajstić information content (AvgIpc) is 2.95. The van der Waals surface area contributed by atoms with Crippen LogP contribution < -0.4 is 5.32 Å². The van der Waals surface area contributed by atoms with Crippen molar-refractivity contribution in [3.8, 4) is 0 Å². The molecular weight excluding hydrogens is 296 g/mol. The van der Waals surface area contributed by atoms with Crippen molar-refractivity contribution in [2.24, 2.45) is 0 Å². The van der Waals surface area contributed by atoms with E-state index in [4.69, 9.17) is 4.42 Å². The molecule has 0 atom stereocenters. The van der Waals surface area contributed by atoms with Gasteiger partial charge in [0.05, 0.1) is 0 Å². The zero-order chi connectivity index (χ0) is 15.5. The van der Waals surface area contributed by atoms with Gasteiger partial charge in [0.15, 0.2) is 0 Å². The minimum absolute atomic E-state index is 0.00299. The van der Waals surface area contributed by atoms with Gasteiger partial charge in [-0.25, -0.2) is 13.2 Å². The van der Waals surface area contributed by atoms with Crippen LogP contribution in [0.2, 0.25) is 0 Å². The molecule has 1 fully saturated rings. The Bertz CT molecular complexity index is 590. The van der Waals surface area contributed by atoms with Gasteiger partial charge in [-0.3, -0.25) is 0 Å². The summed E-state index contributed by atoms with van der Waals surface area (Å²) in [4.78, 5) is 13.6. The molecule has 0 radical (unpaired) electrons. The fourth-order valence-corrected chi connectivity index (χ4v) is 2.63. The first-order valence-corrected chi connectivity index (χ1v) is 8.87. The molecule has 1 aromatic rings. The second-order valence-electron chi connectivity index (χ2n) is 5.17. The van der Waals surface area contributed by atoms with Crippen LogP contribution >= 0.6 is 0 Å². The average molecular weight is 316 g/mol. The molecule has 0 saturated carbocycles. The predicted octanol–water partition coefficient (Wildman–Crippen LogP) is 0.772. The van der Waals surface area contributed by atoms with Crippen molar-refractivity contribution in [1.29, 1.82) is 0 Å². The van der Waals surface area contributed by atoms with Crippen LogP contribution in [0.25, 0.3) is 0 Å². The highest BCUT2D eigenvalue weighted by Gasteiger charge is 2.28. The smallest absolute Gasteiger partial charge is 0.335 e. The summed E-state index contributed by atoms with van der Waals surface area (Å²) >= 11 is 0. The van der Waals surface area contributed by atoms with Crippen LogP contribution in [0, 0.1) is 0 Å². The standard InChI is InChI=1S/C12H20N4O4S/c1-3-6-13-11(17)16-7-4-9(5-8-16)10-14-15-12(20-10)21(2,18)19/h9H,3-8H2,1-2H3,(H,13,17). The molecule has 1 aromatic heterocycles. The van der Waals surface area contributed by atoms with Gasteiger partial charge < -0.3 is 14.6 Å². The second kappa shape index (κ2) is 6.42. The third kappa shape index (κ3) is 3.93. The molecule has 0 bridgehead atoms. The van der Waals surface area contributed by atoms with Crippen LogP contribution in [0.3, 0.4) is 0 Å². The van der Waals surface area contributed by atoms with E-state index in [0.717, 1.165) is 12.7 Å². The number of likely N-dealkylation sites (tertiary alicyclic amines) is 1. The summed E-state index contributed by atoms with van der Waals surface area (Å²) in [7, 11) is -3.47. The van der Waals surface area contributed by atoms with Crippen molar-refractivity contribution in [2.75, 3.05) is 25.9 Å². The molecule has 0 aliphatic carbocycles. The second-order valence-corrected chi connectivity index (χ2v) is 7.07.